The Labute approximate surface area is 65.3 Å². The molecule has 0 aliphatic carbocycles. The Balaban J connectivity index is 2.48. The molecule has 1 aromatic rings. The van der Waals surface area contributed by atoms with Crippen molar-refractivity contribution in [1.29, 1.82) is 0 Å². The van der Waals surface area contributed by atoms with Gasteiger partial charge >= 0.3 is 0 Å². The summed E-state index contributed by atoms with van der Waals surface area (Å²) < 4.78 is 5.79. The molecule has 0 aliphatic rings. The average molecular weight is 159 g/mol. The van der Waals surface area contributed by atoms with Crippen LogP contribution in [0.3, 0.4) is 0 Å². The van der Waals surface area contributed by atoms with Gasteiger partial charge in [-0.3, -0.25) is 0 Å². The molecule has 0 atom stereocenters. The van der Waals surface area contributed by atoms with E-state index in [1.807, 2.05) is 12.1 Å². The van der Waals surface area contributed by atoms with E-state index >= 15 is 0 Å². The fraction of sp³-hybridized carbons (Fsp3) is 0.167. The van der Waals surface area contributed by atoms with Crippen LogP contribution in [0.5, 0.6) is 0 Å². The van der Waals surface area contributed by atoms with E-state index in [-0.39, 0.29) is 0 Å². The summed E-state index contributed by atoms with van der Waals surface area (Å²) in [5.41, 5.74) is 0. The lowest BCUT2D eigenvalue weighted by atomic mass is 10.4. The van der Waals surface area contributed by atoms with Crippen LogP contribution in [0.2, 0.25) is 0 Å². The van der Waals surface area contributed by atoms with Crippen LogP contribution in [0.1, 0.15) is 5.76 Å². The van der Waals surface area contributed by atoms with Crippen LogP contribution in [0.4, 0.5) is 0 Å². The molecule has 0 fully saturated rings. The van der Waals surface area contributed by atoms with Gasteiger partial charge < -0.3 is 4.42 Å². The van der Waals surface area contributed by atoms with Crippen molar-refractivity contribution in [2.45, 2.75) is 6.42 Å². The maximum absolute atomic E-state index is 5.03. The molecule has 0 amide bonds. The molecule has 9 heavy (non-hydrogen) atoms. The number of furan rings is 1. The first-order valence-corrected chi connectivity index (χ1v) is 3.44. The van der Waals surface area contributed by atoms with Crippen molar-refractivity contribution in [2.75, 3.05) is 0 Å². The molecule has 49 valence electrons. The maximum Gasteiger partial charge on any atom is 0.106 e. The van der Waals surface area contributed by atoms with Crippen molar-refractivity contribution < 1.29 is 4.42 Å². The van der Waals surface area contributed by atoms with Crippen LogP contribution in [-0.4, -0.2) is 0 Å². The van der Waals surface area contributed by atoms with E-state index in [4.69, 9.17) is 4.42 Å². The predicted molar refractivity (Wildman–Crippen MR) is 43.6 cm³/mol. The molecule has 0 N–H and O–H groups in total. The van der Waals surface area contributed by atoms with Gasteiger partial charge in [-0.05, 0) is 12.1 Å². The Hall–Kier alpha value is -0.0200. The van der Waals surface area contributed by atoms with E-state index in [9.17, 15) is 0 Å². The Kier molecular flexibility index (Phi) is 2.54. The third-order valence-electron chi connectivity index (χ3n) is 0.912. The third kappa shape index (κ3) is 2.37. The highest BCUT2D eigenvalue weighted by molar-refractivity contribution is 8.03. The summed E-state index contributed by atoms with van der Waals surface area (Å²) in [6.45, 7) is 0. The third-order valence-corrected chi connectivity index (χ3v) is 1.23. The molecule has 0 unspecified atom stereocenters. The molecule has 0 aromatic carbocycles. The van der Waals surface area contributed by atoms with Crippen molar-refractivity contribution in [3.05, 3.63) is 28.7 Å². The fourth-order valence-corrected chi connectivity index (χ4v) is 0.881. The normalized spacial score (nSPS) is 10.6. The van der Waals surface area contributed by atoms with Gasteiger partial charge in [0.05, 0.1) is 10.8 Å². The van der Waals surface area contributed by atoms with Gasteiger partial charge in [-0.25, -0.2) is 0 Å². The Morgan fingerprint density at radius 2 is 2.33 bits per heavy atom. The second-order valence-electron chi connectivity index (χ2n) is 1.67. The fourth-order valence-electron chi connectivity index (χ4n) is 0.569. The van der Waals surface area contributed by atoms with Gasteiger partial charge in [-0.2, -0.15) is 25.3 Å². The minimum atomic E-state index is 0.694. The van der Waals surface area contributed by atoms with Crippen LogP contribution in [-0.2, 0) is 6.42 Å². The number of rotatable bonds is 2. The smallest absolute Gasteiger partial charge is 0.106 e. The van der Waals surface area contributed by atoms with Crippen molar-refractivity contribution >= 4 is 25.3 Å². The minimum absolute atomic E-state index is 0.694. The lowest BCUT2D eigenvalue weighted by Gasteiger charge is -1.95. The van der Waals surface area contributed by atoms with Crippen LogP contribution in [0.25, 0.3) is 0 Å². The Bertz CT molecular complexity index is 158. The molecule has 1 heterocycles. The molecule has 0 aliphatic heterocycles. The lowest BCUT2D eigenvalue weighted by Crippen LogP contribution is -1.82. The van der Waals surface area contributed by atoms with Gasteiger partial charge in [-0.1, -0.05) is 0 Å². The van der Waals surface area contributed by atoms with E-state index in [1.54, 1.807) is 6.26 Å². The molecule has 0 saturated carbocycles. The van der Waals surface area contributed by atoms with Gasteiger partial charge in [-0.15, -0.1) is 0 Å². The maximum atomic E-state index is 5.03. The molecule has 1 rings (SSSR count). The topological polar surface area (TPSA) is 13.1 Å². The number of hydrogen-bond acceptors (Lipinski definition) is 3. The second-order valence-corrected chi connectivity index (χ2v) is 3.10. The van der Waals surface area contributed by atoms with E-state index in [1.165, 1.54) is 0 Å². The quantitative estimate of drug-likeness (QED) is 0.631. The highest BCUT2D eigenvalue weighted by atomic mass is 32.2. The van der Waals surface area contributed by atoms with Crippen LogP contribution in [0, 0.1) is 4.58 Å². The number of hydrogen-bond donors (Lipinski definition) is 2. The van der Waals surface area contributed by atoms with Crippen LogP contribution >= 0.6 is 25.3 Å². The Morgan fingerprint density at radius 3 is 2.78 bits per heavy atom. The van der Waals surface area contributed by atoms with E-state index < -0.39 is 0 Å². The molecular weight excluding hydrogens is 152 g/mol. The zero-order valence-electron chi connectivity index (χ0n) is 4.74. The van der Waals surface area contributed by atoms with Crippen LogP contribution in [0.15, 0.2) is 22.8 Å². The second kappa shape index (κ2) is 3.22. The van der Waals surface area contributed by atoms with Crippen molar-refractivity contribution in [1.82, 2.24) is 0 Å². The molecular formula is C6H7OS2. The van der Waals surface area contributed by atoms with Crippen LogP contribution < -0.4 is 0 Å². The summed E-state index contributed by atoms with van der Waals surface area (Å²) in [5.74, 6) is 0.898. The lowest BCUT2D eigenvalue weighted by molar-refractivity contribution is 0.520. The highest BCUT2D eigenvalue weighted by Gasteiger charge is 2.00. The zero-order valence-corrected chi connectivity index (χ0v) is 6.53. The van der Waals surface area contributed by atoms with Gasteiger partial charge in [0, 0.05) is 6.42 Å². The summed E-state index contributed by atoms with van der Waals surface area (Å²) in [6.07, 6.45) is 2.33. The minimum Gasteiger partial charge on any atom is -0.469 e. The molecule has 0 bridgehead atoms. The van der Waals surface area contributed by atoms with Crippen molar-refractivity contribution in [2.24, 2.45) is 0 Å². The number of thiol groups is 2. The monoisotopic (exact) mass is 159 g/mol. The highest BCUT2D eigenvalue weighted by Crippen LogP contribution is 2.17. The largest absolute Gasteiger partial charge is 0.469 e. The summed E-state index contributed by atoms with van der Waals surface area (Å²) in [6, 6.07) is 3.74. The molecule has 0 spiro atoms. The zero-order chi connectivity index (χ0) is 6.69. The van der Waals surface area contributed by atoms with E-state index in [2.05, 4.69) is 25.3 Å². The van der Waals surface area contributed by atoms with Gasteiger partial charge in [0.25, 0.3) is 0 Å². The van der Waals surface area contributed by atoms with Gasteiger partial charge in [0.15, 0.2) is 0 Å². The van der Waals surface area contributed by atoms with E-state index in [0.29, 0.717) is 6.42 Å². The standard InChI is InChI=1S/C6H7OS2/c8-6(9)4-5-2-1-3-7-5/h1-3,8-9H,4H2. The van der Waals surface area contributed by atoms with Gasteiger partial charge in [0.2, 0.25) is 0 Å². The van der Waals surface area contributed by atoms with Crippen molar-refractivity contribution in [3.63, 3.8) is 0 Å². The SMILES string of the molecule is S[C](S)Cc1ccco1. The summed E-state index contributed by atoms with van der Waals surface area (Å²) in [7, 11) is 0. The molecule has 1 aromatic heterocycles. The molecule has 1 radical (unpaired) electrons. The van der Waals surface area contributed by atoms with Gasteiger partial charge in [0.1, 0.15) is 5.76 Å². The summed E-state index contributed by atoms with van der Waals surface area (Å²) in [4.78, 5) is 0. The molecule has 0 saturated heterocycles. The first kappa shape index (κ1) is 7.09. The summed E-state index contributed by atoms with van der Waals surface area (Å²) in [5, 5.41) is 0. The first-order valence-electron chi connectivity index (χ1n) is 2.55. The van der Waals surface area contributed by atoms with Crippen molar-refractivity contribution in [3.8, 4) is 0 Å². The first-order chi connectivity index (χ1) is 4.29. The summed E-state index contributed by atoms with van der Waals surface area (Å²) >= 11 is 8.01. The predicted octanol–water partition coefficient (Wildman–Crippen LogP) is 2.17. The average Bonchev–Trinajstić information content (AvgIpc) is 2.15. The molecule has 1 nitrogen and oxygen atoms in total. The Morgan fingerprint density at radius 1 is 1.56 bits per heavy atom. The van der Waals surface area contributed by atoms with E-state index in [0.717, 1.165) is 10.3 Å². The molecule has 3 heteroatoms.